The molecule has 4 heteroatoms. The van der Waals surface area contributed by atoms with Crippen molar-refractivity contribution in [3.05, 3.63) is 70.2 Å². The molecule has 2 aromatic carbocycles. The van der Waals surface area contributed by atoms with Gasteiger partial charge in [0, 0.05) is 17.3 Å². The molecular weight excluding hydrogens is 314 g/mol. The van der Waals surface area contributed by atoms with Crippen molar-refractivity contribution in [3.63, 3.8) is 0 Å². The fraction of sp³-hybridized carbons (Fsp3) is 0.278. The Morgan fingerprint density at radius 3 is 2.73 bits per heavy atom. The molecule has 0 fully saturated rings. The summed E-state index contributed by atoms with van der Waals surface area (Å²) in [5.41, 5.74) is 3.43. The lowest BCUT2D eigenvalue weighted by molar-refractivity contribution is -0.120. The number of hydrogen-bond donors (Lipinski definition) is 1. The predicted octanol–water partition coefficient (Wildman–Crippen LogP) is 4.59. The van der Waals surface area contributed by atoms with E-state index >= 15 is 0 Å². The van der Waals surface area contributed by atoms with Crippen LogP contribution in [0.4, 0.5) is 0 Å². The van der Waals surface area contributed by atoms with Gasteiger partial charge in [-0.05, 0) is 31.0 Å². The monoisotopic (exact) mass is 333 g/mol. The van der Waals surface area contributed by atoms with Crippen LogP contribution < -0.4 is 5.32 Å². The Hall–Kier alpha value is -1.45. The van der Waals surface area contributed by atoms with Gasteiger partial charge in [0.15, 0.2) is 0 Å². The second-order valence-electron chi connectivity index (χ2n) is 5.25. The van der Waals surface area contributed by atoms with Crippen molar-refractivity contribution < 1.29 is 4.79 Å². The van der Waals surface area contributed by atoms with E-state index < -0.39 is 0 Å². The summed E-state index contributed by atoms with van der Waals surface area (Å²) in [7, 11) is 0. The molecular formula is C18H20ClNOS. The van der Waals surface area contributed by atoms with Gasteiger partial charge in [0.1, 0.15) is 0 Å². The quantitative estimate of drug-likeness (QED) is 0.838. The van der Waals surface area contributed by atoms with Gasteiger partial charge in [-0.15, -0.1) is 11.8 Å². The van der Waals surface area contributed by atoms with Crippen LogP contribution in [0.3, 0.4) is 0 Å². The van der Waals surface area contributed by atoms with E-state index in [9.17, 15) is 4.79 Å². The molecule has 22 heavy (non-hydrogen) atoms. The van der Waals surface area contributed by atoms with E-state index in [0.29, 0.717) is 11.6 Å². The second kappa shape index (κ2) is 8.25. The van der Waals surface area contributed by atoms with E-state index in [1.807, 2.05) is 37.3 Å². The molecule has 0 aliphatic carbocycles. The lowest BCUT2D eigenvalue weighted by Crippen LogP contribution is -2.30. The maximum atomic E-state index is 12.1. The smallest absolute Gasteiger partial charge is 0.233 e. The Labute approximate surface area is 141 Å². The molecule has 1 amide bonds. The number of carbonyl (C=O) groups is 1. The fourth-order valence-corrected chi connectivity index (χ4v) is 3.13. The van der Waals surface area contributed by atoms with Gasteiger partial charge in [0.2, 0.25) is 5.91 Å². The molecule has 0 bridgehead atoms. The first-order chi connectivity index (χ1) is 10.6. The summed E-state index contributed by atoms with van der Waals surface area (Å²) in [6, 6.07) is 15.9. The third-order valence-corrected chi connectivity index (χ3v) is 4.95. The molecule has 0 radical (unpaired) electrons. The number of halogens is 1. The molecule has 2 aromatic rings. The summed E-state index contributed by atoms with van der Waals surface area (Å²) in [5, 5.41) is 3.53. The van der Waals surface area contributed by atoms with Crippen molar-refractivity contribution in [1.29, 1.82) is 0 Å². The number of thioether (sulfide) groups is 1. The molecule has 116 valence electrons. The van der Waals surface area contributed by atoms with E-state index in [1.165, 1.54) is 11.1 Å². The standard InChI is InChI=1S/C18H20ClNOS/c1-13-6-5-7-15(10-13)12-22-14(2)18(21)20-11-16-8-3-4-9-17(16)19/h3-10,14H,11-12H2,1-2H3,(H,20,21)/t14-/m1/s1. The Bertz CT molecular complexity index is 644. The summed E-state index contributed by atoms with van der Waals surface area (Å²) in [5.74, 6) is 0.875. The zero-order valence-corrected chi connectivity index (χ0v) is 14.4. The molecule has 0 unspecified atom stereocenters. The predicted molar refractivity (Wildman–Crippen MR) is 95.2 cm³/mol. The summed E-state index contributed by atoms with van der Waals surface area (Å²) >= 11 is 7.73. The van der Waals surface area contributed by atoms with Crippen LogP contribution in [0.2, 0.25) is 5.02 Å². The van der Waals surface area contributed by atoms with E-state index in [1.54, 1.807) is 11.8 Å². The van der Waals surface area contributed by atoms with Gasteiger partial charge < -0.3 is 5.32 Å². The molecule has 0 aliphatic rings. The third kappa shape index (κ3) is 5.08. The Balaban J connectivity index is 1.81. The zero-order chi connectivity index (χ0) is 15.9. The van der Waals surface area contributed by atoms with E-state index in [2.05, 4.69) is 30.4 Å². The number of benzene rings is 2. The molecule has 0 saturated carbocycles. The van der Waals surface area contributed by atoms with Crippen LogP contribution in [0.5, 0.6) is 0 Å². The highest BCUT2D eigenvalue weighted by atomic mass is 35.5. The van der Waals surface area contributed by atoms with Crippen molar-refractivity contribution in [1.82, 2.24) is 5.32 Å². The van der Waals surface area contributed by atoms with Gasteiger partial charge in [-0.3, -0.25) is 4.79 Å². The van der Waals surface area contributed by atoms with Crippen molar-refractivity contribution in [2.24, 2.45) is 0 Å². The summed E-state index contributed by atoms with van der Waals surface area (Å²) in [6.45, 7) is 4.48. The van der Waals surface area contributed by atoms with Gasteiger partial charge in [0.25, 0.3) is 0 Å². The van der Waals surface area contributed by atoms with Crippen molar-refractivity contribution in [2.45, 2.75) is 31.4 Å². The SMILES string of the molecule is Cc1cccc(CS[C@H](C)C(=O)NCc2ccccc2Cl)c1. The van der Waals surface area contributed by atoms with Crippen molar-refractivity contribution in [2.75, 3.05) is 0 Å². The Morgan fingerprint density at radius 1 is 1.23 bits per heavy atom. The number of rotatable bonds is 6. The van der Waals surface area contributed by atoms with Crippen LogP contribution in [0.15, 0.2) is 48.5 Å². The van der Waals surface area contributed by atoms with Gasteiger partial charge in [0.05, 0.1) is 5.25 Å². The minimum atomic E-state index is -0.0944. The number of aryl methyl sites for hydroxylation is 1. The number of hydrogen-bond acceptors (Lipinski definition) is 2. The van der Waals surface area contributed by atoms with Crippen molar-refractivity contribution >= 4 is 29.3 Å². The molecule has 2 nitrogen and oxygen atoms in total. The van der Waals surface area contributed by atoms with Crippen LogP contribution in [0.25, 0.3) is 0 Å². The summed E-state index contributed by atoms with van der Waals surface area (Å²) in [4.78, 5) is 12.1. The normalized spacial score (nSPS) is 12.0. The molecule has 2 rings (SSSR count). The summed E-state index contributed by atoms with van der Waals surface area (Å²) in [6.07, 6.45) is 0. The maximum absolute atomic E-state index is 12.1. The highest BCUT2D eigenvalue weighted by Crippen LogP contribution is 2.19. The van der Waals surface area contributed by atoms with Gasteiger partial charge in [-0.2, -0.15) is 0 Å². The topological polar surface area (TPSA) is 29.1 Å². The van der Waals surface area contributed by atoms with E-state index in [4.69, 9.17) is 11.6 Å². The van der Waals surface area contributed by atoms with Gasteiger partial charge in [-0.25, -0.2) is 0 Å². The van der Waals surface area contributed by atoms with Crippen LogP contribution in [-0.4, -0.2) is 11.2 Å². The van der Waals surface area contributed by atoms with E-state index in [0.717, 1.165) is 11.3 Å². The lowest BCUT2D eigenvalue weighted by atomic mass is 10.2. The van der Waals surface area contributed by atoms with E-state index in [-0.39, 0.29) is 11.2 Å². The average Bonchev–Trinajstić information content (AvgIpc) is 2.51. The number of carbonyl (C=O) groups excluding carboxylic acids is 1. The lowest BCUT2D eigenvalue weighted by Gasteiger charge is -2.13. The minimum absolute atomic E-state index is 0.0394. The molecule has 1 N–H and O–H groups in total. The molecule has 0 aromatic heterocycles. The molecule has 0 saturated heterocycles. The highest BCUT2D eigenvalue weighted by molar-refractivity contribution is 7.99. The zero-order valence-electron chi connectivity index (χ0n) is 12.8. The van der Waals surface area contributed by atoms with Gasteiger partial charge >= 0.3 is 0 Å². The van der Waals surface area contributed by atoms with Crippen LogP contribution >= 0.6 is 23.4 Å². The first-order valence-electron chi connectivity index (χ1n) is 7.24. The van der Waals surface area contributed by atoms with Crippen LogP contribution in [0, 0.1) is 6.92 Å². The fourth-order valence-electron chi connectivity index (χ4n) is 2.07. The van der Waals surface area contributed by atoms with Crippen LogP contribution in [0.1, 0.15) is 23.6 Å². The largest absolute Gasteiger partial charge is 0.351 e. The molecule has 0 heterocycles. The van der Waals surface area contributed by atoms with Crippen molar-refractivity contribution in [3.8, 4) is 0 Å². The third-order valence-electron chi connectivity index (χ3n) is 3.36. The Morgan fingerprint density at radius 2 is 2.00 bits per heavy atom. The second-order valence-corrected chi connectivity index (χ2v) is 6.99. The number of nitrogens with one attached hydrogen (secondary N) is 1. The summed E-state index contributed by atoms with van der Waals surface area (Å²) < 4.78 is 0. The highest BCUT2D eigenvalue weighted by Gasteiger charge is 2.13. The first kappa shape index (κ1) is 16.9. The first-order valence-corrected chi connectivity index (χ1v) is 8.67. The average molecular weight is 334 g/mol. The molecule has 1 atom stereocenters. The maximum Gasteiger partial charge on any atom is 0.233 e. The van der Waals surface area contributed by atoms with Gasteiger partial charge in [-0.1, -0.05) is 59.6 Å². The molecule has 0 aliphatic heterocycles. The molecule has 0 spiro atoms. The Kier molecular flexibility index (Phi) is 6.34. The number of amides is 1. The minimum Gasteiger partial charge on any atom is -0.351 e. The van der Waals surface area contributed by atoms with Crippen LogP contribution in [-0.2, 0) is 17.1 Å².